The zero-order chi connectivity index (χ0) is 22.1. The Morgan fingerprint density at radius 1 is 1.19 bits per heavy atom. The first-order chi connectivity index (χ1) is 14.9. The first-order valence-electron chi connectivity index (χ1n) is 10.1. The molecule has 2 aromatic heterocycles. The summed E-state index contributed by atoms with van der Waals surface area (Å²) in [7, 11) is 2.87. The maximum absolute atomic E-state index is 13.3. The molecule has 0 radical (unpaired) electrons. The number of carbonyl (C=O) groups is 1. The molecule has 1 atom stereocenters. The van der Waals surface area contributed by atoms with Gasteiger partial charge < -0.3 is 9.32 Å². The van der Waals surface area contributed by atoms with Crippen LogP contribution in [0.15, 0.2) is 50.5 Å². The fourth-order valence-electron chi connectivity index (χ4n) is 3.90. The van der Waals surface area contributed by atoms with Crippen LogP contribution in [-0.4, -0.2) is 31.5 Å². The molecule has 0 bridgehead atoms. The Morgan fingerprint density at radius 3 is 2.74 bits per heavy atom. The molecular formula is C22H23ClN4O4. The highest BCUT2D eigenvalue weighted by atomic mass is 35.5. The molecule has 8 nitrogen and oxygen atoms in total. The topological polar surface area (TPSA) is 90.3 Å². The highest BCUT2D eigenvalue weighted by Crippen LogP contribution is 2.32. The number of hydrogen-bond donors (Lipinski definition) is 0. The molecule has 3 aromatic rings. The maximum Gasteiger partial charge on any atom is 0.331 e. The minimum atomic E-state index is -0.539. The summed E-state index contributed by atoms with van der Waals surface area (Å²) in [6.07, 6.45) is 4.59. The van der Waals surface area contributed by atoms with Crippen LogP contribution in [0, 0.1) is 0 Å². The Kier molecular flexibility index (Phi) is 5.82. The molecule has 1 aliphatic rings. The summed E-state index contributed by atoms with van der Waals surface area (Å²) < 4.78 is 8.17. The highest BCUT2D eigenvalue weighted by Gasteiger charge is 2.33. The van der Waals surface area contributed by atoms with Gasteiger partial charge in [0.05, 0.1) is 6.20 Å². The molecule has 0 saturated carbocycles. The molecule has 1 aromatic carbocycles. The lowest BCUT2D eigenvalue weighted by molar-refractivity contribution is 0.0558. The lowest BCUT2D eigenvalue weighted by Gasteiger charge is -2.34. The number of rotatable bonds is 4. The molecule has 1 saturated heterocycles. The monoisotopic (exact) mass is 442 g/mol. The van der Waals surface area contributed by atoms with Gasteiger partial charge in [0.1, 0.15) is 17.5 Å². The van der Waals surface area contributed by atoms with Crippen molar-refractivity contribution < 1.29 is 9.21 Å². The van der Waals surface area contributed by atoms with E-state index in [9.17, 15) is 14.4 Å². The molecule has 0 N–H and O–H groups in total. The van der Waals surface area contributed by atoms with Gasteiger partial charge in [-0.15, -0.1) is 0 Å². The summed E-state index contributed by atoms with van der Waals surface area (Å²) in [5.74, 6) is 0.721. The van der Waals surface area contributed by atoms with Crippen molar-refractivity contribution in [2.45, 2.75) is 31.7 Å². The van der Waals surface area contributed by atoms with Gasteiger partial charge in [-0.3, -0.25) is 18.7 Å². The van der Waals surface area contributed by atoms with E-state index in [0.29, 0.717) is 36.1 Å². The van der Waals surface area contributed by atoms with Crippen LogP contribution >= 0.6 is 11.6 Å². The van der Waals surface area contributed by atoms with Crippen LogP contribution in [0.5, 0.6) is 0 Å². The first-order valence-corrected chi connectivity index (χ1v) is 10.5. The van der Waals surface area contributed by atoms with Gasteiger partial charge in [0, 0.05) is 38.1 Å². The van der Waals surface area contributed by atoms with E-state index in [0.717, 1.165) is 23.0 Å². The Hall–Kier alpha value is -3.13. The predicted octanol–water partition coefficient (Wildman–Crippen LogP) is 2.68. The average molecular weight is 443 g/mol. The van der Waals surface area contributed by atoms with Crippen LogP contribution < -0.4 is 11.2 Å². The molecule has 4 rings (SSSR count). The minimum absolute atomic E-state index is 0.0582. The third-order valence-electron chi connectivity index (χ3n) is 5.69. The smallest absolute Gasteiger partial charge is 0.331 e. The number of likely N-dealkylation sites (tertiary alicyclic amines) is 1. The fraction of sp³-hybridized carbons (Fsp3) is 0.364. The second-order valence-electron chi connectivity index (χ2n) is 7.71. The Labute approximate surface area is 183 Å². The number of benzene rings is 1. The van der Waals surface area contributed by atoms with Gasteiger partial charge >= 0.3 is 5.69 Å². The molecule has 0 aliphatic carbocycles. The second kappa shape index (κ2) is 8.55. The number of piperidine rings is 1. The zero-order valence-electron chi connectivity index (χ0n) is 17.4. The van der Waals surface area contributed by atoms with Crippen molar-refractivity contribution in [3.63, 3.8) is 0 Å². The maximum atomic E-state index is 13.3. The number of aromatic nitrogens is 3. The van der Waals surface area contributed by atoms with Gasteiger partial charge in [0.25, 0.3) is 11.5 Å². The van der Waals surface area contributed by atoms with Crippen molar-refractivity contribution >= 4 is 17.5 Å². The SMILES string of the molecule is Cn1c(C(=O)N2CCCC[C@@H]2c2ncc(Cc3ccccc3Cl)o2)cc(=O)n(C)c1=O. The quantitative estimate of drug-likeness (QED) is 0.619. The third-order valence-corrected chi connectivity index (χ3v) is 6.06. The van der Waals surface area contributed by atoms with Crippen LogP contribution in [0.3, 0.4) is 0 Å². The van der Waals surface area contributed by atoms with Gasteiger partial charge in [-0.05, 0) is 30.9 Å². The van der Waals surface area contributed by atoms with Crippen molar-refractivity contribution in [2.75, 3.05) is 6.54 Å². The Bertz CT molecular complexity index is 1240. The normalized spacial score (nSPS) is 16.5. The Balaban J connectivity index is 1.62. The van der Waals surface area contributed by atoms with E-state index < -0.39 is 11.2 Å². The molecule has 0 unspecified atom stereocenters. The van der Waals surface area contributed by atoms with Crippen molar-refractivity contribution in [1.29, 1.82) is 0 Å². The van der Waals surface area contributed by atoms with Crippen LogP contribution in [0.2, 0.25) is 5.02 Å². The van der Waals surface area contributed by atoms with Crippen molar-refractivity contribution in [3.05, 3.63) is 85.3 Å². The second-order valence-corrected chi connectivity index (χ2v) is 8.12. The summed E-state index contributed by atoms with van der Waals surface area (Å²) in [5.41, 5.74) is -0.0675. The average Bonchev–Trinajstić information content (AvgIpc) is 3.24. The van der Waals surface area contributed by atoms with Gasteiger partial charge in [-0.25, -0.2) is 9.78 Å². The first kappa shape index (κ1) is 21.1. The largest absolute Gasteiger partial charge is 0.443 e. The lowest BCUT2D eigenvalue weighted by atomic mass is 10.0. The molecule has 0 spiro atoms. The minimum Gasteiger partial charge on any atom is -0.443 e. The zero-order valence-corrected chi connectivity index (χ0v) is 18.1. The van der Waals surface area contributed by atoms with E-state index in [1.165, 1.54) is 24.7 Å². The standard InChI is InChI=1S/C22H23ClN4O4/c1-25-18(12-19(28)26(2)22(25)30)21(29)27-10-6-5-9-17(27)20-24-13-15(31-20)11-14-7-3-4-8-16(14)23/h3-4,7-8,12-13,17H,5-6,9-11H2,1-2H3/t17-/m1/s1. The van der Waals surface area contributed by atoms with E-state index in [2.05, 4.69) is 4.98 Å². The van der Waals surface area contributed by atoms with Crippen LogP contribution in [-0.2, 0) is 20.5 Å². The van der Waals surface area contributed by atoms with E-state index in [1.54, 1.807) is 11.1 Å². The number of nitrogens with zero attached hydrogens (tertiary/aromatic N) is 4. The summed E-state index contributed by atoms with van der Waals surface area (Å²) in [4.78, 5) is 43.7. The molecule has 162 valence electrons. The summed E-state index contributed by atoms with van der Waals surface area (Å²) in [6.45, 7) is 0.495. The molecule has 1 aliphatic heterocycles. The molecule has 1 amide bonds. The van der Waals surface area contributed by atoms with E-state index in [1.807, 2.05) is 24.3 Å². The van der Waals surface area contributed by atoms with Gasteiger partial charge in [-0.2, -0.15) is 0 Å². The predicted molar refractivity (Wildman–Crippen MR) is 115 cm³/mol. The van der Waals surface area contributed by atoms with Crippen molar-refractivity contribution in [1.82, 2.24) is 19.0 Å². The van der Waals surface area contributed by atoms with Crippen LogP contribution in [0.4, 0.5) is 0 Å². The molecule has 3 heterocycles. The molecule has 31 heavy (non-hydrogen) atoms. The van der Waals surface area contributed by atoms with Gasteiger partial charge in [0.15, 0.2) is 0 Å². The third kappa shape index (κ3) is 4.07. The van der Waals surface area contributed by atoms with Gasteiger partial charge in [0.2, 0.25) is 5.89 Å². The van der Waals surface area contributed by atoms with Crippen molar-refractivity contribution in [2.24, 2.45) is 14.1 Å². The van der Waals surface area contributed by atoms with Crippen LogP contribution in [0.1, 0.15) is 53.0 Å². The number of oxazole rings is 1. The number of amides is 1. The molecule has 9 heteroatoms. The Morgan fingerprint density at radius 2 is 1.97 bits per heavy atom. The summed E-state index contributed by atoms with van der Waals surface area (Å²) >= 11 is 6.24. The van der Waals surface area contributed by atoms with E-state index >= 15 is 0 Å². The van der Waals surface area contributed by atoms with E-state index in [4.69, 9.17) is 16.0 Å². The van der Waals surface area contributed by atoms with Crippen molar-refractivity contribution in [3.8, 4) is 0 Å². The highest BCUT2D eigenvalue weighted by molar-refractivity contribution is 6.31. The van der Waals surface area contributed by atoms with Crippen LogP contribution in [0.25, 0.3) is 0 Å². The molecular weight excluding hydrogens is 420 g/mol. The number of carbonyl (C=O) groups excluding carboxylic acids is 1. The number of halogens is 1. The fourth-order valence-corrected chi connectivity index (χ4v) is 4.11. The molecule has 1 fully saturated rings. The summed E-state index contributed by atoms with van der Waals surface area (Å²) in [5, 5.41) is 0.654. The van der Waals surface area contributed by atoms with E-state index in [-0.39, 0.29) is 17.6 Å². The lowest BCUT2D eigenvalue weighted by Crippen LogP contribution is -2.44. The number of hydrogen-bond acceptors (Lipinski definition) is 5. The summed E-state index contributed by atoms with van der Waals surface area (Å²) in [6, 6.07) is 8.37. The van der Waals surface area contributed by atoms with Gasteiger partial charge in [-0.1, -0.05) is 29.8 Å².